The molecule has 6 N–H and O–H groups in total. The van der Waals surface area contributed by atoms with Gasteiger partial charge in [0.2, 0.25) is 0 Å². The molecule has 0 aliphatic carbocycles. The summed E-state index contributed by atoms with van der Waals surface area (Å²) in [4.78, 5) is 29.2. The fraction of sp³-hybridized carbons (Fsp3) is 0.500. The summed E-state index contributed by atoms with van der Waals surface area (Å²) in [7, 11) is -4.42. The smallest absolute Gasteiger partial charge is 0.350 e. The Balaban J connectivity index is 1.90. The van der Waals surface area contributed by atoms with Crippen LogP contribution >= 0.6 is 7.60 Å². The summed E-state index contributed by atoms with van der Waals surface area (Å²) in [6, 6.07) is 0. The lowest BCUT2D eigenvalue weighted by Gasteiger charge is -2.27. The fourth-order valence-electron chi connectivity index (χ4n) is 2.25. The molecule has 0 amide bonds. The van der Waals surface area contributed by atoms with E-state index in [-0.39, 0.29) is 23.6 Å². The third-order valence-corrected chi connectivity index (χ3v) is 3.85. The van der Waals surface area contributed by atoms with E-state index < -0.39 is 32.1 Å². The van der Waals surface area contributed by atoms with Crippen LogP contribution in [0.3, 0.4) is 0 Å². The Labute approximate surface area is 128 Å². The van der Waals surface area contributed by atoms with E-state index in [9.17, 15) is 14.8 Å². The van der Waals surface area contributed by atoms with Crippen LogP contribution in [0, 0.1) is 0 Å². The molecule has 0 saturated carbocycles. The van der Waals surface area contributed by atoms with Gasteiger partial charge in [0.05, 0.1) is 6.61 Å². The van der Waals surface area contributed by atoms with Crippen LogP contribution in [0.1, 0.15) is 0 Å². The molecule has 3 heterocycles. The maximum absolute atomic E-state index is 10.8. The third-order valence-electron chi connectivity index (χ3n) is 3.36. The quantitative estimate of drug-likeness (QED) is 0.382. The Hall–Kier alpha value is -1.66. The number of hydrogen-bond donors (Lipinski definition) is 5. The molecule has 3 rings (SSSR count). The molecule has 2 aromatic heterocycles. The van der Waals surface area contributed by atoms with E-state index in [4.69, 9.17) is 25.0 Å². The van der Waals surface area contributed by atoms with Gasteiger partial charge in [-0.05, 0) is 0 Å². The van der Waals surface area contributed by atoms with E-state index in [1.165, 1.54) is 0 Å². The number of fused-ring (bicyclic) bond motifs is 1. The van der Waals surface area contributed by atoms with Crippen molar-refractivity contribution in [2.24, 2.45) is 0 Å². The highest BCUT2D eigenvalue weighted by Gasteiger charge is 2.52. The zero-order valence-electron chi connectivity index (χ0n) is 11.6. The van der Waals surface area contributed by atoms with E-state index in [1.54, 1.807) is 0 Å². The minimum Gasteiger partial charge on any atom is -0.382 e. The average Bonchev–Trinajstić information content (AvgIpc) is 3.01. The second kappa shape index (κ2) is 5.46. The Kier molecular flexibility index (Phi) is 3.84. The van der Waals surface area contributed by atoms with Gasteiger partial charge in [-0.3, -0.25) is 9.13 Å². The predicted octanol–water partition coefficient (Wildman–Crippen LogP) is -2.08. The summed E-state index contributed by atoms with van der Waals surface area (Å²) in [6.07, 6.45) is -1.38. The average molecular weight is 347 g/mol. The molecule has 2 aromatic rings. The minimum absolute atomic E-state index is 0.0825. The summed E-state index contributed by atoms with van der Waals surface area (Å²) in [5.41, 5.74) is 5.97. The van der Waals surface area contributed by atoms with Crippen LogP contribution < -0.4 is 5.73 Å². The third kappa shape index (κ3) is 2.81. The van der Waals surface area contributed by atoms with Crippen LogP contribution in [-0.2, 0) is 19.9 Å². The normalized spacial score (nSPS) is 28.5. The molecule has 0 radical (unpaired) electrons. The van der Waals surface area contributed by atoms with Crippen molar-refractivity contribution in [1.82, 2.24) is 19.5 Å². The molecule has 23 heavy (non-hydrogen) atoms. The van der Waals surface area contributed by atoms with E-state index in [1.807, 2.05) is 0 Å². The lowest BCUT2D eigenvalue weighted by molar-refractivity contribution is -0.274. The minimum atomic E-state index is -4.42. The maximum atomic E-state index is 10.8. The molecule has 1 unspecified atom stereocenters. The first kappa shape index (κ1) is 16.2. The number of aliphatic hydroxyl groups excluding tert-OH is 1. The molecule has 3 atom stereocenters. The summed E-state index contributed by atoms with van der Waals surface area (Å²) in [6.45, 7) is -0.294. The lowest BCUT2D eigenvalue weighted by atomic mass is 10.2. The van der Waals surface area contributed by atoms with Crippen LogP contribution in [0.4, 0.5) is 5.82 Å². The van der Waals surface area contributed by atoms with E-state index in [0.717, 1.165) is 17.2 Å². The van der Waals surface area contributed by atoms with Gasteiger partial charge in [0.25, 0.3) is 5.91 Å². The second-order valence-corrected chi connectivity index (χ2v) is 6.55. The van der Waals surface area contributed by atoms with Crippen LogP contribution in [0.2, 0.25) is 0 Å². The SMILES string of the molecule is Nc1ncnc2c1ncn2C1(O)OC[C@H](OCP(=O)(O)O)[C@H]1O. The number of ether oxygens (including phenoxy) is 2. The molecule has 1 saturated heterocycles. The summed E-state index contributed by atoms with van der Waals surface area (Å²) in [5, 5.41) is 20.8. The monoisotopic (exact) mass is 347 g/mol. The van der Waals surface area contributed by atoms with Gasteiger partial charge < -0.3 is 35.2 Å². The van der Waals surface area contributed by atoms with Gasteiger partial charge >= 0.3 is 7.60 Å². The van der Waals surface area contributed by atoms with Gasteiger partial charge in [0.1, 0.15) is 30.6 Å². The first-order valence-corrected chi connectivity index (χ1v) is 8.17. The molecular weight excluding hydrogens is 333 g/mol. The van der Waals surface area contributed by atoms with E-state index in [2.05, 4.69) is 15.0 Å². The second-order valence-electron chi connectivity index (χ2n) is 4.96. The van der Waals surface area contributed by atoms with Crippen LogP contribution in [0.15, 0.2) is 12.7 Å². The highest BCUT2D eigenvalue weighted by molar-refractivity contribution is 7.51. The van der Waals surface area contributed by atoms with Crippen molar-refractivity contribution in [3.63, 3.8) is 0 Å². The Morgan fingerprint density at radius 2 is 2.22 bits per heavy atom. The van der Waals surface area contributed by atoms with Gasteiger partial charge in [-0.1, -0.05) is 0 Å². The Morgan fingerprint density at radius 3 is 2.91 bits per heavy atom. The molecule has 0 spiro atoms. The number of nitrogens with zero attached hydrogens (tertiary/aromatic N) is 4. The van der Waals surface area contributed by atoms with Gasteiger partial charge in [0.15, 0.2) is 17.6 Å². The molecule has 1 aliphatic heterocycles. The molecule has 1 fully saturated rings. The van der Waals surface area contributed by atoms with Gasteiger partial charge in [-0.25, -0.2) is 15.0 Å². The first-order chi connectivity index (χ1) is 10.7. The van der Waals surface area contributed by atoms with Crippen molar-refractivity contribution < 1.29 is 34.0 Å². The van der Waals surface area contributed by atoms with Crippen molar-refractivity contribution in [3.8, 4) is 0 Å². The topological polar surface area (TPSA) is 186 Å². The number of nitrogens with two attached hydrogens (primary N) is 1. The van der Waals surface area contributed by atoms with Crippen molar-refractivity contribution in [2.75, 3.05) is 18.7 Å². The Morgan fingerprint density at radius 1 is 1.48 bits per heavy atom. The summed E-state index contributed by atoms with van der Waals surface area (Å²) >= 11 is 0. The van der Waals surface area contributed by atoms with Gasteiger partial charge in [0, 0.05) is 0 Å². The number of hydrogen-bond acceptors (Lipinski definition) is 9. The van der Waals surface area contributed by atoms with Crippen molar-refractivity contribution in [3.05, 3.63) is 12.7 Å². The fourth-order valence-corrected chi connectivity index (χ4v) is 2.64. The van der Waals surface area contributed by atoms with Crippen LogP contribution in [-0.4, -0.2) is 64.7 Å². The molecule has 0 bridgehead atoms. The van der Waals surface area contributed by atoms with E-state index >= 15 is 0 Å². The van der Waals surface area contributed by atoms with Gasteiger partial charge in [-0.2, -0.15) is 0 Å². The molecule has 13 heteroatoms. The Bertz CT molecular complexity index is 778. The molecule has 12 nitrogen and oxygen atoms in total. The number of aliphatic hydroxyl groups is 2. The molecular formula is C10H14N5O7P. The number of imidazole rings is 1. The number of nitrogen functional groups attached to an aromatic ring is 1. The maximum Gasteiger partial charge on any atom is 0.350 e. The highest BCUT2D eigenvalue weighted by Crippen LogP contribution is 2.38. The van der Waals surface area contributed by atoms with Crippen LogP contribution in [0.25, 0.3) is 11.2 Å². The molecule has 1 aliphatic rings. The zero-order valence-corrected chi connectivity index (χ0v) is 12.4. The summed E-state index contributed by atoms with van der Waals surface area (Å²) < 4.78 is 22.0. The lowest BCUT2D eigenvalue weighted by Crippen LogP contribution is -2.46. The van der Waals surface area contributed by atoms with Crippen molar-refractivity contribution in [1.29, 1.82) is 0 Å². The van der Waals surface area contributed by atoms with E-state index in [0.29, 0.717) is 0 Å². The van der Waals surface area contributed by atoms with Crippen molar-refractivity contribution in [2.45, 2.75) is 18.1 Å². The van der Waals surface area contributed by atoms with Crippen LogP contribution in [0.5, 0.6) is 0 Å². The number of rotatable bonds is 4. The molecule has 0 aromatic carbocycles. The van der Waals surface area contributed by atoms with Gasteiger partial charge in [-0.15, -0.1) is 0 Å². The van der Waals surface area contributed by atoms with Crippen molar-refractivity contribution >= 4 is 24.6 Å². The number of anilines is 1. The summed E-state index contributed by atoms with van der Waals surface area (Å²) in [5.74, 6) is -2.19. The first-order valence-electron chi connectivity index (χ1n) is 6.37. The number of aromatic nitrogens is 4. The predicted molar refractivity (Wildman–Crippen MR) is 73.7 cm³/mol. The highest BCUT2D eigenvalue weighted by atomic mass is 31.2. The largest absolute Gasteiger partial charge is 0.382 e. The zero-order chi connectivity index (χ0) is 16.8. The molecule has 126 valence electrons. The standard InChI is InChI=1S/C10H14N5O7P/c11-8-6-9(13-2-12-8)15(3-14-6)10(17)7(16)5(1-22-10)21-4-23(18,19)20/h2-3,5,7,16-17H,1,4H2,(H2,11,12,13)(H2,18,19,20)/t5-,7+,10?/m0/s1.